The van der Waals surface area contributed by atoms with Gasteiger partial charge in [-0.25, -0.2) is 4.79 Å². The van der Waals surface area contributed by atoms with Gasteiger partial charge < -0.3 is 15.3 Å². The highest BCUT2D eigenvalue weighted by Crippen LogP contribution is 2.25. The number of carbonyl (C=O) groups excluding carboxylic acids is 1. The number of rotatable bonds is 2. The number of nitrogens with one attached hydrogen (secondary N) is 1. The molecule has 5 nitrogen and oxygen atoms in total. The summed E-state index contributed by atoms with van der Waals surface area (Å²) >= 11 is 0. The Morgan fingerprint density at radius 3 is 2.81 bits per heavy atom. The molecule has 1 aromatic rings. The van der Waals surface area contributed by atoms with Gasteiger partial charge in [0.05, 0.1) is 11.5 Å². The van der Waals surface area contributed by atoms with Crippen LogP contribution in [0.5, 0.6) is 0 Å². The van der Waals surface area contributed by atoms with E-state index in [0.29, 0.717) is 12.1 Å². The number of amides is 1. The minimum absolute atomic E-state index is 0.0502. The van der Waals surface area contributed by atoms with Gasteiger partial charge in [0, 0.05) is 19.1 Å². The normalized spacial score (nSPS) is 24.7. The molecule has 0 bridgehead atoms. The lowest BCUT2D eigenvalue weighted by Crippen LogP contribution is -2.42. The molecule has 0 radical (unpaired) electrons. The van der Waals surface area contributed by atoms with Gasteiger partial charge in [0.2, 0.25) is 5.91 Å². The fraction of sp³-hybridized carbons (Fsp3) is 0.500. The van der Waals surface area contributed by atoms with Crippen molar-refractivity contribution in [3.63, 3.8) is 0 Å². The predicted molar refractivity (Wildman–Crippen MR) is 78.1 cm³/mol. The van der Waals surface area contributed by atoms with E-state index in [1.54, 1.807) is 12.1 Å². The molecular weight excluding hydrogens is 268 g/mol. The van der Waals surface area contributed by atoms with Crippen molar-refractivity contribution in [3.8, 4) is 0 Å². The molecule has 1 aromatic carbocycles. The van der Waals surface area contributed by atoms with E-state index in [2.05, 4.69) is 12.2 Å². The summed E-state index contributed by atoms with van der Waals surface area (Å²) in [5, 5.41) is 12.4. The van der Waals surface area contributed by atoms with Gasteiger partial charge >= 0.3 is 5.97 Å². The highest BCUT2D eigenvalue weighted by atomic mass is 16.4. The van der Waals surface area contributed by atoms with Crippen molar-refractivity contribution in [1.82, 2.24) is 10.2 Å². The number of carboxylic acids is 1. The molecule has 2 aliphatic rings. The lowest BCUT2D eigenvalue weighted by atomic mass is 9.94. The Balaban J connectivity index is 1.78. The third kappa shape index (κ3) is 2.65. The Kier molecular flexibility index (Phi) is 3.68. The van der Waals surface area contributed by atoms with Crippen LogP contribution in [0.1, 0.15) is 34.8 Å². The number of benzene rings is 1. The summed E-state index contributed by atoms with van der Waals surface area (Å²) in [5.41, 5.74) is 2.41. The van der Waals surface area contributed by atoms with Crippen molar-refractivity contribution < 1.29 is 14.7 Å². The number of aromatic carboxylic acids is 1. The van der Waals surface area contributed by atoms with Crippen molar-refractivity contribution in [2.45, 2.75) is 32.4 Å². The molecule has 1 amide bonds. The van der Waals surface area contributed by atoms with Gasteiger partial charge in [0.15, 0.2) is 0 Å². The summed E-state index contributed by atoms with van der Waals surface area (Å²) in [5.74, 6) is -0.678. The highest BCUT2D eigenvalue weighted by molar-refractivity contribution is 5.88. The maximum absolute atomic E-state index is 12.6. The van der Waals surface area contributed by atoms with E-state index in [1.807, 2.05) is 11.0 Å². The molecule has 2 aliphatic heterocycles. The van der Waals surface area contributed by atoms with Crippen molar-refractivity contribution >= 4 is 11.9 Å². The number of carboxylic acid groups (broad SMARTS) is 1. The fourth-order valence-corrected chi connectivity index (χ4v) is 3.31. The Bertz CT molecular complexity index is 585. The molecule has 0 saturated carbocycles. The molecule has 2 N–H and O–H groups in total. The lowest BCUT2D eigenvalue weighted by Gasteiger charge is -2.32. The molecule has 2 atom stereocenters. The van der Waals surface area contributed by atoms with Crippen LogP contribution in [-0.4, -0.2) is 41.0 Å². The molecule has 0 aromatic heterocycles. The Labute approximate surface area is 123 Å². The van der Waals surface area contributed by atoms with Crippen LogP contribution in [0.4, 0.5) is 0 Å². The van der Waals surface area contributed by atoms with E-state index in [9.17, 15) is 9.59 Å². The molecule has 5 heteroatoms. The molecule has 112 valence electrons. The SMILES string of the molecule is CC1NCCC1C(=O)N1CCc2ccc(C(=O)O)cc2C1. The van der Waals surface area contributed by atoms with Crippen LogP contribution in [0.15, 0.2) is 18.2 Å². The van der Waals surface area contributed by atoms with Crippen LogP contribution in [0, 0.1) is 5.92 Å². The van der Waals surface area contributed by atoms with Crippen molar-refractivity contribution in [2.75, 3.05) is 13.1 Å². The predicted octanol–water partition coefficient (Wildman–Crippen LogP) is 1.27. The molecular formula is C16H20N2O3. The summed E-state index contributed by atoms with van der Waals surface area (Å²) in [6.45, 7) is 4.20. The Morgan fingerprint density at radius 2 is 2.14 bits per heavy atom. The van der Waals surface area contributed by atoms with Crippen molar-refractivity contribution in [3.05, 3.63) is 34.9 Å². The minimum Gasteiger partial charge on any atom is -0.478 e. The second kappa shape index (κ2) is 5.48. The first-order chi connectivity index (χ1) is 10.1. The van der Waals surface area contributed by atoms with E-state index in [-0.39, 0.29) is 17.9 Å². The molecule has 2 unspecified atom stereocenters. The summed E-state index contributed by atoms with van der Waals surface area (Å²) < 4.78 is 0. The first-order valence-electron chi connectivity index (χ1n) is 7.43. The molecule has 1 fully saturated rings. The quantitative estimate of drug-likeness (QED) is 0.860. The first-order valence-corrected chi connectivity index (χ1v) is 7.43. The number of hydrogen-bond acceptors (Lipinski definition) is 3. The van der Waals surface area contributed by atoms with Gasteiger partial charge in [-0.15, -0.1) is 0 Å². The van der Waals surface area contributed by atoms with Gasteiger partial charge in [-0.05, 0) is 49.6 Å². The van der Waals surface area contributed by atoms with Crippen LogP contribution < -0.4 is 5.32 Å². The Morgan fingerprint density at radius 1 is 1.33 bits per heavy atom. The molecule has 3 rings (SSSR count). The highest BCUT2D eigenvalue weighted by Gasteiger charge is 2.33. The van der Waals surface area contributed by atoms with Gasteiger partial charge in [0.1, 0.15) is 0 Å². The number of hydrogen-bond donors (Lipinski definition) is 2. The van der Waals surface area contributed by atoms with Gasteiger partial charge in [-0.3, -0.25) is 4.79 Å². The van der Waals surface area contributed by atoms with E-state index in [1.165, 1.54) is 0 Å². The topological polar surface area (TPSA) is 69.6 Å². The van der Waals surface area contributed by atoms with Crippen LogP contribution in [0.25, 0.3) is 0 Å². The van der Waals surface area contributed by atoms with Gasteiger partial charge in [-0.2, -0.15) is 0 Å². The molecule has 2 heterocycles. The summed E-state index contributed by atoms with van der Waals surface area (Å²) in [6.07, 6.45) is 1.69. The second-order valence-electron chi connectivity index (χ2n) is 5.94. The standard InChI is InChI=1S/C16H20N2O3/c1-10-14(4-6-17-10)15(19)18-7-5-11-2-3-12(16(20)21)8-13(11)9-18/h2-3,8,10,14,17H,4-7,9H2,1H3,(H,20,21). The molecule has 0 spiro atoms. The summed E-state index contributed by atoms with van der Waals surface area (Å²) in [6, 6.07) is 5.44. The summed E-state index contributed by atoms with van der Waals surface area (Å²) in [4.78, 5) is 25.6. The average Bonchev–Trinajstić information content (AvgIpc) is 2.91. The zero-order valence-corrected chi connectivity index (χ0v) is 12.1. The maximum atomic E-state index is 12.6. The largest absolute Gasteiger partial charge is 0.478 e. The smallest absolute Gasteiger partial charge is 0.335 e. The van der Waals surface area contributed by atoms with E-state index >= 15 is 0 Å². The zero-order valence-electron chi connectivity index (χ0n) is 12.1. The maximum Gasteiger partial charge on any atom is 0.335 e. The number of carbonyl (C=O) groups is 2. The van der Waals surface area contributed by atoms with Crippen LogP contribution in [-0.2, 0) is 17.8 Å². The van der Waals surface area contributed by atoms with Gasteiger partial charge in [0.25, 0.3) is 0 Å². The molecule has 0 aliphatic carbocycles. The van der Waals surface area contributed by atoms with Crippen LogP contribution >= 0.6 is 0 Å². The molecule has 1 saturated heterocycles. The monoisotopic (exact) mass is 288 g/mol. The average molecular weight is 288 g/mol. The fourth-order valence-electron chi connectivity index (χ4n) is 3.31. The first kappa shape index (κ1) is 14.1. The third-order valence-electron chi connectivity index (χ3n) is 4.62. The van der Waals surface area contributed by atoms with E-state index in [4.69, 9.17) is 5.11 Å². The van der Waals surface area contributed by atoms with Crippen molar-refractivity contribution in [1.29, 1.82) is 0 Å². The Hall–Kier alpha value is -1.88. The minimum atomic E-state index is -0.921. The van der Waals surface area contributed by atoms with E-state index < -0.39 is 5.97 Å². The van der Waals surface area contributed by atoms with Gasteiger partial charge in [-0.1, -0.05) is 6.07 Å². The lowest BCUT2D eigenvalue weighted by molar-refractivity contribution is -0.136. The van der Waals surface area contributed by atoms with Crippen molar-refractivity contribution in [2.24, 2.45) is 5.92 Å². The van der Waals surface area contributed by atoms with Crippen LogP contribution in [0.2, 0.25) is 0 Å². The number of nitrogens with zero attached hydrogens (tertiary/aromatic N) is 1. The second-order valence-corrected chi connectivity index (χ2v) is 5.94. The van der Waals surface area contributed by atoms with E-state index in [0.717, 1.165) is 37.1 Å². The zero-order chi connectivity index (χ0) is 15.0. The molecule has 21 heavy (non-hydrogen) atoms. The number of fused-ring (bicyclic) bond motifs is 1. The third-order valence-corrected chi connectivity index (χ3v) is 4.62. The van der Waals surface area contributed by atoms with Crippen LogP contribution in [0.3, 0.4) is 0 Å². The summed E-state index contributed by atoms with van der Waals surface area (Å²) in [7, 11) is 0.